The van der Waals surface area contributed by atoms with Gasteiger partial charge in [-0.3, -0.25) is 0 Å². The van der Waals surface area contributed by atoms with Crippen molar-refractivity contribution in [2.45, 2.75) is 32.4 Å². The first-order chi connectivity index (χ1) is 7.40. The van der Waals surface area contributed by atoms with E-state index in [2.05, 4.69) is 30.0 Å². The molecule has 0 bridgehead atoms. The normalized spacial score (nSPS) is 17.9. The van der Waals surface area contributed by atoms with Crippen LogP contribution in [0.15, 0.2) is 24.3 Å². The molecule has 1 heterocycles. The molecule has 1 aliphatic rings. The van der Waals surface area contributed by atoms with Crippen LogP contribution < -0.4 is 10.6 Å². The molecule has 0 amide bonds. The van der Waals surface area contributed by atoms with Crippen molar-refractivity contribution in [3.63, 3.8) is 0 Å². The molecule has 0 atom stereocenters. The summed E-state index contributed by atoms with van der Waals surface area (Å²) >= 11 is 0. The van der Waals surface area contributed by atoms with Crippen LogP contribution in [0.4, 0.5) is 0 Å². The molecule has 1 aromatic rings. The van der Waals surface area contributed by atoms with Gasteiger partial charge in [0.25, 0.3) is 0 Å². The Labute approximate surface area is 92.1 Å². The highest BCUT2D eigenvalue weighted by atomic mass is 15.1. The SMILES string of the molecule is [NH3+]Cc1ccccc1C[NH+]1CCCCC1. The number of rotatable bonds is 3. The van der Waals surface area contributed by atoms with E-state index in [1.165, 1.54) is 50.0 Å². The van der Waals surface area contributed by atoms with Crippen LogP contribution in [0.1, 0.15) is 30.4 Å². The average Bonchev–Trinajstić information content (AvgIpc) is 2.31. The summed E-state index contributed by atoms with van der Waals surface area (Å²) in [6.45, 7) is 4.83. The standard InChI is InChI=1S/C13H20N2/c14-10-12-6-2-3-7-13(12)11-15-8-4-1-5-9-15/h2-3,6-7H,1,4-5,8-11,14H2/p+2. The number of benzene rings is 1. The Morgan fingerprint density at radius 2 is 1.67 bits per heavy atom. The molecule has 1 aliphatic heterocycles. The monoisotopic (exact) mass is 206 g/mol. The highest BCUT2D eigenvalue weighted by molar-refractivity contribution is 5.25. The van der Waals surface area contributed by atoms with Crippen molar-refractivity contribution in [2.75, 3.05) is 13.1 Å². The first kappa shape index (κ1) is 10.7. The zero-order valence-electron chi connectivity index (χ0n) is 9.47. The Kier molecular flexibility index (Phi) is 3.75. The second-order valence-electron chi connectivity index (χ2n) is 4.51. The number of piperidine rings is 1. The third-order valence-corrected chi connectivity index (χ3v) is 3.39. The first-order valence-corrected chi connectivity index (χ1v) is 6.10. The van der Waals surface area contributed by atoms with Crippen molar-refractivity contribution in [1.82, 2.24) is 0 Å². The van der Waals surface area contributed by atoms with E-state index in [1.807, 2.05) is 0 Å². The maximum Gasteiger partial charge on any atom is 0.103 e. The molecule has 2 rings (SSSR count). The Bertz CT molecular complexity index is 303. The second kappa shape index (κ2) is 5.29. The van der Waals surface area contributed by atoms with Crippen LogP contribution >= 0.6 is 0 Å². The molecule has 82 valence electrons. The van der Waals surface area contributed by atoms with Crippen molar-refractivity contribution in [1.29, 1.82) is 0 Å². The van der Waals surface area contributed by atoms with Gasteiger partial charge in [-0.15, -0.1) is 0 Å². The first-order valence-electron chi connectivity index (χ1n) is 6.10. The maximum absolute atomic E-state index is 4.00. The van der Waals surface area contributed by atoms with Crippen LogP contribution in [0, 0.1) is 0 Å². The second-order valence-corrected chi connectivity index (χ2v) is 4.51. The lowest BCUT2D eigenvalue weighted by Gasteiger charge is -2.24. The summed E-state index contributed by atoms with van der Waals surface area (Å²) in [6.07, 6.45) is 4.24. The van der Waals surface area contributed by atoms with E-state index < -0.39 is 0 Å². The Morgan fingerprint density at radius 3 is 2.33 bits per heavy atom. The quantitative estimate of drug-likeness (QED) is 0.698. The van der Waals surface area contributed by atoms with Crippen LogP contribution in [0.25, 0.3) is 0 Å². The molecular formula is C13H22N2+2. The summed E-state index contributed by atoms with van der Waals surface area (Å²) in [7, 11) is 0. The zero-order valence-corrected chi connectivity index (χ0v) is 9.47. The molecular weight excluding hydrogens is 184 g/mol. The van der Waals surface area contributed by atoms with Gasteiger partial charge in [0.05, 0.1) is 13.1 Å². The Hall–Kier alpha value is -0.860. The highest BCUT2D eigenvalue weighted by Crippen LogP contribution is 2.06. The van der Waals surface area contributed by atoms with Gasteiger partial charge in [-0.05, 0) is 19.3 Å². The average molecular weight is 206 g/mol. The molecule has 0 radical (unpaired) electrons. The van der Waals surface area contributed by atoms with Crippen LogP contribution in [0.3, 0.4) is 0 Å². The van der Waals surface area contributed by atoms with E-state index in [9.17, 15) is 0 Å². The number of likely N-dealkylation sites (tertiary alicyclic amines) is 1. The zero-order chi connectivity index (χ0) is 10.5. The van der Waals surface area contributed by atoms with Gasteiger partial charge >= 0.3 is 0 Å². The predicted molar refractivity (Wildman–Crippen MR) is 61.3 cm³/mol. The number of hydrogen-bond donors (Lipinski definition) is 2. The Morgan fingerprint density at radius 1 is 1.00 bits per heavy atom. The van der Waals surface area contributed by atoms with E-state index in [1.54, 1.807) is 4.90 Å². The van der Waals surface area contributed by atoms with Crippen molar-refractivity contribution < 1.29 is 10.6 Å². The molecule has 1 fully saturated rings. The molecule has 4 N–H and O–H groups in total. The van der Waals surface area contributed by atoms with Crippen molar-refractivity contribution in [3.8, 4) is 0 Å². The minimum atomic E-state index is 0.920. The van der Waals surface area contributed by atoms with Gasteiger partial charge in [-0.25, -0.2) is 0 Å². The highest BCUT2D eigenvalue weighted by Gasteiger charge is 2.15. The summed E-state index contributed by atoms with van der Waals surface area (Å²) in [4.78, 5) is 1.75. The largest absolute Gasteiger partial charge is 0.354 e. The molecule has 0 saturated carbocycles. The minimum absolute atomic E-state index is 0.920. The summed E-state index contributed by atoms with van der Waals surface area (Å²) in [5.41, 5.74) is 6.93. The lowest BCUT2D eigenvalue weighted by molar-refractivity contribution is -0.918. The van der Waals surface area contributed by atoms with Gasteiger partial charge in [0.2, 0.25) is 0 Å². The topological polar surface area (TPSA) is 32.1 Å². The molecule has 2 heteroatoms. The fraction of sp³-hybridized carbons (Fsp3) is 0.538. The summed E-state index contributed by atoms with van der Waals surface area (Å²) in [5.74, 6) is 0. The van der Waals surface area contributed by atoms with E-state index in [0.29, 0.717) is 0 Å². The predicted octanol–water partition coefficient (Wildman–Crippen LogP) is -0.00270. The third-order valence-electron chi connectivity index (χ3n) is 3.39. The fourth-order valence-electron chi connectivity index (χ4n) is 2.47. The third kappa shape index (κ3) is 2.80. The van der Waals surface area contributed by atoms with Crippen LogP contribution in [-0.4, -0.2) is 13.1 Å². The van der Waals surface area contributed by atoms with E-state index >= 15 is 0 Å². The molecule has 0 spiro atoms. The number of nitrogens with one attached hydrogen (secondary N) is 1. The van der Waals surface area contributed by atoms with Gasteiger partial charge < -0.3 is 10.6 Å². The van der Waals surface area contributed by atoms with E-state index in [0.717, 1.165) is 6.54 Å². The molecule has 2 nitrogen and oxygen atoms in total. The summed E-state index contributed by atoms with van der Waals surface area (Å²) < 4.78 is 0. The lowest BCUT2D eigenvalue weighted by Crippen LogP contribution is -3.11. The van der Waals surface area contributed by atoms with Gasteiger partial charge in [0, 0.05) is 11.1 Å². The van der Waals surface area contributed by atoms with Gasteiger partial charge in [-0.2, -0.15) is 0 Å². The summed E-state index contributed by atoms with van der Waals surface area (Å²) in [5, 5.41) is 0. The molecule has 15 heavy (non-hydrogen) atoms. The number of hydrogen-bond acceptors (Lipinski definition) is 0. The molecule has 0 aromatic heterocycles. The Balaban J connectivity index is 2.02. The van der Waals surface area contributed by atoms with Crippen molar-refractivity contribution in [2.24, 2.45) is 0 Å². The smallest absolute Gasteiger partial charge is 0.103 e. The van der Waals surface area contributed by atoms with Crippen molar-refractivity contribution >= 4 is 0 Å². The van der Waals surface area contributed by atoms with Crippen LogP contribution in [0.2, 0.25) is 0 Å². The molecule has 0 unspecified atom stereocenters. The van der Waals surface area contributed by atoms with E-state index in [-0.39, 0.29) is 0 Å². The number of quaternary nitrogens is 2. The maximum atomic E-state index is 4.00. The van der Waals surface area contributed by atoms with Crippen LogP contribution in [-0.2, 0) is 13.1 Å². The van der Waals surface area contributed by atoms with Gasteiger partial charge in [0.15, 0.2) is 0 Å². The minimum Gasteiger partial charge on any atom is -0.354 e. The molecule has 1 saturated heterocycles. The van der Waals surface area contributed by atoms with Gasteiger partial charge in [-0.1, -0.05) is 24.3 Å². The van der Waals surface area contributed by atoms with Crippen molar-refractivity contribution in [3.05, 3.63) is 35.4 Å². The van der Waals surface area contributed by atoms with Crippen LogP contribution in [0.5, 0.6) is 0 Å². The van der Waals surface area contributed by atoms with E-state index in [4.69, 9.17) is 0 Å². The lowest BCUT2D eigenvalue weighted by atomic mass is 10.1. The van der Waals surface area contributed by atoms with Gasteiger partial charge in [0.1, 0.15) is 13.1 Å². The molecule has 0 aliphatic carbocycles. The molecule has 1 aromatic carbocycles. The fourth-order valence-corrected chi connectivity index (χ4v) is 2.47. The summed E-state index contributed by atoms with van der Waals surface area (Å²) in [6, 6.07) is 8.75.